The summed E-state index contributed by atoms with van der Waals surface area (Å²) in [6, 6.07) is 0. The summed E-state index contributed by atoms with van der Waals surface area (Å²) < 4.78 is 62.9. The van der Waals surface area contributed by atoms with E-state index in [9.17, 15) is 52.2 Å². The fourth-order valence-electron chi connectivity index (χ4n) is 0.539. The first-order valence-electron chi connectivity index (χ1n) is 3.67. The standard InChI is InChI=1S/La.H7O16P5.Yb/c;1-17(2,3)13-19(7,8)15-21(11,12)16-20(9,10)14-18(4,5)6;/h;(H,7,8)(H,9,10)(H,11,12)(H2,1,2,3)(H2,4,5,6);/q+3;;+3/p-6. The van der Waals surface area contributed by atoms with Gasteiger partial charge in [-0.1, -0.05) is 0 Å². The Morgan fingerprint density at radius 3 is 1.13 bits per heavy atom. The second-order valence-electron chi connectivity index (χ2n) is 2.58. The number of hydrogen-bond acceptors (Lipinski definition) is 15. The smallest absolute Gasteiger partial charge is 0.790 e. The molecule has 0 aromatic rings. The first kappa shape index (κ1) is 31.1. The first-order valence-corrected chi connectivity index (χ1v) is 11.0. The van der Waals surface area contributed by atoms with Gasteiger partial charge in [-0.3, -0.25) is 22.6 Å². The van der Waals surface area contributed by atoms with E-state index in [1.54, 1.807) is 0 Å². The average Bonchev–Trinajstić information content (AvgIpc) is 1.83. The first-order chi connectivity index (χ1) is 8.83. The Morgan fingerprint density at radius 2 is 0.870 bits per heavy atom. The molecule has 0 spiro atoms. The Balaban J connectivity index is -0.00000200. The van der Waals surface area contributed by atoms with E-state index in [1.807, 2.05) is 0 Å². The third-order valence-electron chi connectivity index (χ3n) is 0.803. The van der Waals surface area contributed by atoms with E-state index in [0.29, 0.717) is 0 Å². The third kappa shape index (κ3) is 18.5. The van der Waals surface area contributed by atoms with Crippen LogP contribution in [0.5, 0.6) is 0 Å². The zero-order valence-corrected chi connectivity index (χ0v) is 19.5. The molecule has 0 aromatic heterocycles. The van der Waals surface area contributed by atoms with E-state index >= 15 is 0 Å². The average molecular weight is 724 g/mol. The Bertz CT molecular complexity index is 558. The van der Waals surface area contributed by atoms with Crippen LogP contribution in [-0.4, -0.2) is 4.89 Å². The maximum Gasteiger partial charge on any atom is 3.00 e. The molecule has 1 radical (unpaired) electrons. The molecule has 0 heterocycles. The minimum Gasteiger partial charge on any atom is -0.790 e. The van der Waals surface area contributed by atoms with Crippen LogP contribution in [-0.2, 0) is 40.1 Å². The molecule has 23 heavy (non-hydrogen) atoms. The van der Waals surface area contributed by atoms with Gasteiger partial charge in [0.2, 0.25) is 0 Å². The number of hydrogen-bond donors (Lipinski definition) is 1. The van der Waals surface area contributed by atoms with Crippen molar-refractivity contribution in [2.45, 2.75) is 0 Å². The van der Waals surface area contributed by atoms with Gasteiger partial charge in [0.15, 0.2) is 0 Å². The van der Waals surface area contributed by atoms with Crippen LogP contribution in [0.4, 0.5) is 0 Å². The summed E-state index contributed by atoms with van der Waals surface area (Å²) in [5, 5.41) is 0. The Morgan fingerprint density at radius 1 is 0.609 bits per heavy atom. The molecule has 0 aliphatic heterocycles. The molecule has 4 atom stereocenters. The maximum atomic E-state index is 10.7. The molecule has 0 fully saturated rings. The summed E-state index contributed by atoms with van der Waals surface area (Å²) in [7, 11) is -31.7. The summed E-state index contributed by atoms with van der Waals surface area (Å²) in [6.45, 7) is 0. The van der Waals surface area contributed by atoms with Gasteiger partial charge in [-0.25, -0.2) is 12.9 Å². The zero-order chi connectivity index (χ0) is 17.3. The molecule has 0 aliphatic carbocycles. The Kier molecular flexibility index (Phi) is 14.7. The number of phosphoric acid groups is 5. The Hall–Kier alpha value is 3.42. The van der Waals surface area contributed by atoms with Gasteiger partial charge >= 0.3 is 82.5 Å². The van der Waals surface area contributed by atoms with Crippen LogP contribution in [0.25, 0.3) is 0 Å². The maximum absolute atomic E-state index is 10.7. The zero-order valence-electron chi connectivity index (χ0n) is 9.65. The van der Waals surface area contributed by atoms with E-state index < -0.39 is 39.1 Å². The van der Waals surface area contributed by atoms with Crippen LogP contribution >= 0.6 is 39.1 Å². The Labute approximate surface area is 193 Å². The SMILES string of the molecule is O=P([O-])([O-])OP(=O)([O-])OP(=O)([O-])OP(=O)([O-])OP(=O)([O-])O.[La+3].[Yb+3]. The van der Waals surface area contributed by atoms with Crippen LogP contribution in [0.1, 0.15) is 0 Å². The minimum absolute atomic E-state index is 0. The molecule has 0 aliphatic rings. The van der Waals surface area contributed by atoms with Crippen molar-refractivity contribution < 1.29 is 157 Å². The molecule has 0 aromatic carbocycles. The van der Waals surface area contributed by atoms with E-state index in [2.05, 4.69) is 17.2 Å². The third-order valence-corrected chi connectivity index (χ3v) is 7.23. The van der Waals surface area contributed by atoms with Gasteiger partial charge in [-0.05, 0) is 0 Å². The molecule has 1 N–H and O–H groups in total. The summed E-state index contributed by atoms with van der Waals surface area (Å²) in [5.41, 5.74) is 0. The molecule has 0 saturated carbocycles. The normalized spacial score (nSPS) is 22.2. The monoisotopic (exact) mass is 725 g/mol. The molecular formula is HLaO16P5Yb. The van der Waals surface area contributed by atoms with Crippen molar-refractivity contribution in [3.05, 3.63) is 0 Å². The molecule has 139 valence electrons. The van der Waals surface area contributed by atoms with Crippen LogP contribution in [0, 0.1) is 82.5 Å². The molecule has 0 bridgehead atoms. The van der Waals surface area contributed by atoms with Gasteiger partial charge in [-0.15, -0.1) is 0 Å². The van der Waals surface area contributed by atoms with Crippen molar-refractivity contribution >= 4 is 39.1 Å². The molecule has 4 unspecified atom stereocenters. The molecule has 0 saturated heterocycles. The minimum atomic E-state index is -6.53. The quantitative estimate of drug-likeness (QED) is 0.232. The fourth-order valence-corrected chi connectivity index (χ4v) is 5.65. The van der Waals surface area contributed by atoms with Crippen molar-refractivity contribution in [3.8, 4) is 0 Å². The van der Waals surface area contributed by atoms with Crippen LogP contribution < -0.4 is 29.4 Å². The summed E-state index contributed by atoms with van der Waals surface area (Å²) >= 11 is 0. The van der Waals surface area contributed by atoms with E-state index in [4.69, 9.17) is 4.89 Å². The van der Waals surface area contributed by atoms with Gasteiger partial charge in [0.25, 0.3) is 31.3 Å². The molecule has 0 amide bonds. The summed E-state index contributed by atoms with van der Waals surface area (Å²) in [4.78, 5) is 69.8. The van der Waals surface area contributed by atoms with Gasteiger partial charge in [0.1, 0.15) is 0 Å². The van der Waals surface area contributed by atoms with Gasteiger partial charge in [0, 0.05) is 0 Å². The second-order valence-corrected chi connectivity index (χ2v) is 9.71. The molecular weight excluding hydrogens is 723 g/mol. The molecule has 16 nitrogen and oxygen atoms in total. The largest absolute Gasteiger partial charge is 3.00 e. The van der Waals surface area contributed by atoms with E-state index in [1.165, 1.54) is 0 Å². The molecule has 23 heteroatoms. The van der Waals surface area contributed by atoms with Crippen molar-refractivity contribution in [1.82, 2.24) is 0 Å². The van der Waals surface area contributed by atoms with E-state index in [0.717, 1.165) is 0 Å². The van der Waals surface area contributed by atoms with Gasteiger partial charge in [-0.2, -0.15) is 0 Å². The second kappa shape index (κ2) is 10.8. The van der Waals surface area contributed by atoms with Crippen LogP contribution in [0.15, 0.2) is 0 Å². The predicted octanol–water partition coefficient (Wildman–Crippen LogP) is -4.25. The fraction of sp³-hybridized carbons (Fsp3) is 0. The van der Waals surface area contributed by atoms with Crippen molar-refractivity contribution in [2.24, 2.45) is 0 Å². The summed E-state index contributed by atoms with van der Waals surface area (Å²) in [6.07, 6.45) is 0. The predicted molar refractivity (Wildman–Crippen MR) is 44.6 cm³/mol. The topological polar surface area (TPSA) is 281 Å². The molecule has 0 rings (SSSR count). The van der Waals surface area contributed by atoms with Crippen LogP contribution in [0.2, 0.25) is 0 Å². The van der Waals surface area contributed by atoms with Crippen molar-refractivity contribution in [1.29, 1.82) is 0 Å². The van der Waals surface area contributed by atoms with E-state index in [-0.39, 0.29) is 82.5 Å². The number of rotatable bonds is 8. The summed E-state index contributed by atoms with van der Waals surface area (Å²) in [5.74, 6) is 0. The van der Waals surface area contributed by atoms with Crippen molar-refractivity contribution in [2.75, 3.05) is 0 Å². The van der Waals surface area contributed by atoms with Crippen LogP contribution in [0.3, 0.4) is 0 Å². The van der Waals surface area contributed by atoms with Gasteiger partial charge in [0.05, 0.1) is 7.82 Å². The van der Waals surface area contributed by atoms with Gasteiger partial charge < -0.3 is 38.8 Å². The van der Waals surface area contributed by atoms with Crippen molar-refractivity contribution in [3.63, 3.8) is 0 Å².